The largest absolute Gasteiger partial charge is 0.493 e. The van der Waals surface area contributed by atoms with E-state index in [2.05, 4.69) is 5.32 Å². The SMILES string of the molecule is COc1cc(/C=C/C(=O)Nc2sc3c(c2C(N)=O)CCCC3)ccc1OCc1ccc(Cl)cc1. The van der Waals surface area contributed by atoms with Crippen molar-refractivity contribution in [1.29, 1.82) is 0 Å². The quantitative estimate of drug-likeness (QED) is 0.396. The number of hydrogen-bond donors (Lipinski definition) is 2. The standard InChI is InChI=1S/C26H25ClN2O4S/c1-32-21-14-16(8-12-20(21)33-15-17-6-10-18(27)11-7-17)9-13-23(30)29-26-24(25(28)31)19-4-2-3-5-22(19)34-26/h6-14H,2-5,15H2,1H3,(H2,28,31)(H,29,30)/b13-9+. The van der Waals surface area contributed by atoms with Crippen molar-refractivity contribution in [2.24, 2.45) is 5.73 Å². The van der Waals surface area contributed by atoms with Gasteiger partial charge in [0.05, 0.1) is 12.7 Å². The van der Waals surface area contributed by atoms with Gasteiger partial charge in [-0.3, -0.25) is 9.59 Å². The maximum Gasteiger partial charge on any atom is 0.251 e. The number of hydrogen-bond acceptors (Lipinski definition) is 5. The van der Waals surface area contributed by atoms with Crippen molar-refractivity contribution in [3.63, 3.8) is 0 Å². The van der Waals surface area contributed by atoms with Gasteiger partial charge in [-0.15, -0.1) is 11.3 Å². The Bertz CT molecular complexity index is 1230. The Morgan fingerprint density at radius 2 is 1.88 bits per heavy atom. The molecule has 0 saturated carbocycles. The highest BCUT2D eigenvalue weighted by Crippen LogP contribution is 2.38. The van der Waals surface area contributed by atoms with Crippen LogP contribution in [0.4, 0.5) is 5.00 Å². The van der Waals surface area contributed by atoms with Crippen molar-refractivity contribution in [1.82, 2.24) is 0 Å². The molecule has 0 aliphatic heterocycles. The molecule has 0 atom stereocenters. The molecule has 3 N–H and O–H groups in total. The number of aryl methyl sites for hydroxylation is 1. The van der Waals surface area contributed by atoms with E-state index in [1.54, 1.807) is 25.3 Å². The van der Waals surface area contributed by atoms with Gasteiger partial charge in [0, 0.05) is 16.0 Å². The number of anilines is 1. The summed E-state index contributed by atoms with van der Waals surface area (Å²) in [6, 6.07) is 12.9. The summed E-state index contributed by atoms with van der Waals surface area (Å²) in [5.74, 6) is 0.313. The minimum Gasteiger partial charge on any atom is -0.493 e. The van der Waals surface area contributed by atoms with Crippen LogP contribution in [0.3, 0.4) is 0 Å². The van der Waals surface area contributed by atoms with Crippen LogP contribution in [0.2, 0.25) is 5.02 Å². The zero-order valence-corrected chi connectivity index (χ0v) is 20.3. The van der Waals surface area contributed by atoms with Crippen molar-refractivity contribution in [3.8, 4) is 11.5 Å². The maximum atomic E-state index is 12.6. The monoisotopic (exact) mass is 496 g/mol. The van der Waals surface area contributed by atoms with Gasteiger partial charge in [-0.05, 0) is 72.7 Å². The molecule has 8 heteroatoms. The van der Waals surface area contributed by atoms with Crippen LogP contribution in [0.5, 0.6) is 11.5 Å². The number of ether oxygens (including phenoxy) is 2. The lowest BCUT2D eigenvalue weighted by molar-refractivity contribution is -0.111. The highest BCUT2D eigenvalue weighted by Gasteiger charge is 2.24. The summed E-state index contributed by atoms with van der Waals surface area (Å²) >= 11 is 7.36. The first-order valence-corrected chi connectivity index (χ1v) is 12.1. The van der Waals surface area contributed by atoms with Crippen molar-refractivity contribution >= 4 is 45.8 Å². The predicted molar refractivity (Wildman–Crippen MR) is 136 cm³/mol. The number of benzene rings is 2. The molecule has 34 heavy (non-hydrogen) atoms. The van der Waals surface area contributed by atoms with Gasteiger partial charge < -0.3 is 20.5 Å². The summed E-state index contributed by atoms with van der Waals surface area (Å²) in [7, 11) is 1.56. The molecule has 3 aromatic rings. The van der Waals surface area contributed by atoms with E-state index in [-0.39, 0.29) is 5.91 Å². The minimum atomic E-state index is -0.502. The Morgan fingerprint density at radius 3 is 2.62 bits per heavy atom. The van der Waals surface area contributed by atoms with Gasteiger partial charge in [-0.25, -0.2) is 0 Å². The smallest absolute Gasteiger partial charge is 0.251 e. The number of methoxy groups -OCH3 is 1. The number of carbonyl (C=O) groups is 2. The van der Waals surface area contributed by atoms with Crippen molar-refractivity contribution in [2.75, 3.05) is 12.4 Å². The molecule has 0 radical (unpaired) electrons. The molecule has 1 aliphatic rings. The Hall–Kier alpha value is -3.29. The van der Waals surface area contributed by atoms with Crippen LogP contribution in [-0.2, 0) is 24.2 Å². The third-order valence-electron chi connectivity index (χ3n) is 5.58. The van der Waals surface area contributed by atoms with Gasteiger partial charge in [0.1, 0.15) is 11.6 Å². The molecular weight excluding hydrogens is 472 g/mol. The average molecular weight is 497 g/mol. The second-order valence-corrected chi connectivity index (χ2v) is 9.47. The first-order valence-electron chi connectivity index (χ1n) is 10.9. The molecule has 0 fully saturated rings. The molecule has 0 spiro atoms. The van der Waals surface area contributed by atoms with E-state index in [1.165, 1.54) is 17.4 Å². The van der Waals surface area contributed by atoms with E-state index in [0.29, 0.717) is 33.7 Å². The lowest BCUT2D eigenvalue weighted by Gasteiger charge is -2.11. The van der Waals surface area contributed by atoms with Crippen LogP contribution < -0.4 is 20.5 Å². The second kappa shape index (κ2) is 10.8. The summed E-state index contributed by atoms with van der Waals surface area (Å²) in [6.07, 6.45) is 6.95. The number of nitrogens with one attached hydrogen (secondary N) is 1. The van der Waals surface area contributed by atoms with Gasteiger partial charge in [-0.1, -0.05) is 29.8 Å². The molecule has 1 heterocycles. The normalized spacial score (nSPS) is 12.9. The maximum absolute atomic E-state index is 12.6. The van der Waals surface area contributed by atoms with E-state index in [9.17, 15) is 9.59 Å². The number of halogens is 1. The van der Waals surface area contributed by atoms with E-state index < -0.39 is 5.91 Å². The number of amides is 2. The predicted octanol–water partition coefficient (Wildman–Crippen LogP) is 5.62. The molecule has 176 valence electrons. The fourth-order valence-corrected chi connectivity index (χ4v) is 5.31. The van der Waals surface area contributed by atoms with Crippen molar-refractivity contribution < 1.29 is 19.1 Å². The average Bonchev–Trinajstić information content (AvgIpc) is 3.20. The number of carbonyl (C=O) groups excluding carboxylic acids is 2. The molecule has 1 aliphatic carbocycles. The number of rotatable bonds is 8. The first-order chi connectivity index (χ1) is 16.4. The lowest BCUT2D eigenvalue weighted by Crippen LogP contribution is -2.17. The summed E-state index contributed by atoms with van der Waals surface area (Å²) in [5.41, 5.74) is 8.80. The molecule has 4 rings (SSSR count). The fourth-order valence-electron chi connectivity index (χ4n) is 3.89. The number of nitrogens with two attached hydrogens (primary N) is 1. The van der Waals surface area contributed by atoms with E-state index in [0.717, 1.165) is 47.3 Å². The second-order valence-electron chi connectivity index (χ2n) is 7.93. The van der Waals surface area contributed by atoms with E-state index in [4.69, 9.17) is 26.8 Å². The third kappa shape index (κ3) is 5.61. The highest BCUT2D eigenvalue weighted by molar-refractivity contribution is 7.17. The molecule has 0 saturated heterocycles. The van der Waals surface area contributed by atoms with Crippen molar-refractivity contribution in [3.05, 3.63) is 80.7 Å². The van der Waals surface area contributed by atoms with Crippen LogP contribution in [0.15, 0.2) is 48.5 Å². The van der Waals surface area contributed by atoms with Gasteiger partial charge >= 0.3 is 0 Å². The lowest BCUT2D eigenvalue weighted by atomic mass is 9.95. The summed E-state index contributed by atoms with van der Waals surface area (Å²) in [4.78, 5) is 25.7. The fraction of sp³-hybridized carbons (Fsp3) is 0.231. The highest BCUT2D eigenvalue weighted by atomic mass is 35.5. The Morgan fingerprint density at radius 1 is 1.12 bits per heavy atom. The summed E-state index contributed by atoms with van der Waals surface area (Å²) < 4.78 is 11.3. The van der Waals surface area contributed by atoms with E-state index in [1.807, 2.05) is 30.3 Å². The molecule has 1 aromatic heterocycles. The van der Waals surface area contributed by atoms with Crippen LogP contribution in [0.1, 0.15) is 44.8 Å². The number of fused-ring (bicyclic) bond motifs is 1. The molecule has 2 aromatic carbocycles. The van der Waals surface area contributed by atoms with Crippen LogP contribution in [0, 0.1) is 0 Å². The van der Waals surface area contributed by atoms with Gasteiger partial charge in [0.15, 0.2) is 11.5 Å². The number of primary amides is 1. The van der Waals surface area contributed by atoms with Crippen molar-refractivity contribution in [2.45, 2.75) is 32.3 Å². The van der Waals surface area contributed by atoms with Gasteiger partial charge in [0.2, 0.25) is 5.91 Å². The van der Waals surface area contributed by atoms with Crippen LogP contribution in [0.25, 0.3) is 6.08 Å². The zero-order chi connectivity index (χ0) is 24.1. The zero-order valence-electron chi connectivity index (χ0n) is 18.7. The van der Waals surface area contributed by atoms with Gasteiger partial charge in [0.25, 0.3) is 5.91 Å². The molecule has 0 unspecified atom stereocenters. The first kappa shape index (κ1) is 23.9. The topological polar surface area (TPSA) is 90.6 Å². The Balaban J connectivity index is 1.43. The molecule has 6 nitrogen and oxygen atoms in total. The minimum absolute atomic E-state index is 0.330. The Kier molecular flexibility index (Phi) is 7.55. The van der Waals surface area contributed by atoms with Crippen LogP contribution >= 0.6 is 22.9 Å². The molecule has 2 amide bonds. The Labute approximate surface area is 207 Å². The summed E-state index contributed by atoms with van der Waals surface area (Å²) in [5, 5.41) is 4.03. The summed E-state index contributed by atoms with van der Waals surface area (Å²) in [6.45, 7) is 0.373. The number of thiophene rings is 1. The third-order valence-corrected chi connectivity index (χ3v) is 7.04. The molecule has 0 bridgehead atoms. The van der Waals surface area contributed by atoms with E-state index >= 15 is 0 Å². The van der Waals surface area contributed by atoms with Gasteiger partial charge in [-0.2, -0.15) is 0 Å². The van der Waals surface area contributed by atoms with Crippen LogP contribution in [-0.4, -0.2) is 18.9 Å². The molecular formula is C26H25ClN2O4S.